The molecule has 1 fully saturated rings. The van der Waals surface area contributed by atoms with Gasteiger partial charge in [-0.25, -0.2) is 14.4 Å². The minimum atomic E-state index is -0.520. The van der Waals surface area contributed by atoms with Crippen LogP contribution in [0.15, 0.2) is 24.7 Å². The third-order valence-electron chi connectivity index (χ3n) is 5.34. The van der Waals surface area contributed by atoms with E-state index in [1.807, 2.05) is 6.92 Å². The summed E-state index contributed by atoms with van der Waals surface area (Å²) in [5, 5.41) is 2.71. The van der Waals surface area contributed by atoms with Gasteiger partial charge in [0.05, 0.1) is 18.0 Å². The number of aryl methyl sites for hydroxylation is 1. The van der Waals surface area contributed by atoms with Gasteiger partial charge >= 0.3 is 0 Å². The third-order valence-corrected chi connectivity index (χ3v) is 5.34. The first kappa shape index (κ1) is 21.9. The molecule has 4 heterocycles. The highest BCUT2D eigenvalue weighted by Gasteiger charge is 2.26. The van der Waals surface area contributed by atoms with Crippen LogP contribution in [0, 0.1) is 18.7 Å². The molecule has 1 N–H and O–H groups in total. The Hall–Kier alpha value is -3.27. The van der Waals surface area contributed by atoms with E-state index in [0.29, 0.717) is 29.9 Å². The number of halogens is 1. The van der Waals surface area contributed by atoms with Crippen molar-refractivity contribution < 1.29 is 13.9 Å². The van der Waals surface area contributed by atoms with E-state index in [1.54, 1.807) is 23.7 Å². The van der Waals surface area contributed by atoms with E-state index < -0.39 is 11.7 Å². The largest absolute Gasteiger partial charge is 0.477 e. The van der Waals surface area contributed by atoms with Gasteiger partial charge in [0.2, 0.25) is 11.8 Å². The van der Waals surface area contributed by atoms with Crippen LogP contribution in [-0.4, -0.2) is 70.5 Å². The fourth-order valence-electron chi connectivity index (χ4n) is 4.04. The highest BCUT2D eigenvalue weighted by Crippen LogP contribution is 2.25. The van der Waals surface area contributed by atoms with Gasteiger partial charge in [-0.15, -0.1) is 0 Å². The van der Waals surface area contributed by atoms with Crippen LogP contribution in [0.2, 0.25) is 0 Å². The summed E-state index contributed by atoms with van der Waals surface area (Å²) in [6, 6.07) is 1.24. The molecule has 0 bridgehead atoms. The van der Waals surface area contributed by atoms with Crippen molar-refractivity contribution in [2.75, 3.05) is 50.6 Å². The van der Waals surface area contributed by atoms with E-state index in [9.17, 15) is 9.18 Å². The molecule has 1 amide bonds. The van der Waals surface area contributed by atoms with Crippen molar-refractivity contribution in [3.63, 3.8) is 0 Å². The van der Waals surface area contributed by atoms with Gasteiger partial charge in [0.25, 0.3) is 5.91 Å². The molecule has 170 valence electrons. The van der Waals surface area contributed by atoms with E-state index in [-0.39, 0.29) is 17.1 Å². The Morgan fingerprint density at radius 1 is 1.34 bits per heavy atom. The maximum absolute atomic E-state index is 14.4. The lowest BCUT2D eigenvalue weighted by atomic mass is 10.1. The quantitative estimate of drug-likeness (QED) is 0.603. The molecule has 0 aromatic carbocycles. The monoisotopic (exact) mass is 441 g/mol. The molecule has 1 aliphatic rings. The van der Waals surface area contributed by atoms with Crippen molar-refractivity contribution in [1.29, 1.82) is 0 Å². The number of carbonyl (C=O) groups excluding carboxylic acids is 1. The van der Waals surface area contributed by atoms with Crippen molar-refractivity contribution in [3.05, 3.63) is 41.7 Å². The Labute approximate surface area is 186 Å². The third kappa shape index (κ3) is 4.64. The van der Waals surface area contributed by atoms with Crippen molar-refractivity contribution in [2.45, 2.75) is 20.3 Å². The molecule has 1 aliphatic heterocycles. The Morgan fingerprint density at radius 3 is 2.91 bits per heavy atom. The molecule has 1 saturated heterocycles. The van der Waals surface area contributed by atoms with Crippen LogP contribution in [0.5, 0.6) is 5.88 Å². The fourth-order valence-corrected chi connectivity index (χ4v) is 4.04. The molecule has 1 atom stereocenters. The molecule has 9 nitrogen and oxygen atoms in total. The maximum atomic E-state index is 14.4. The van der Waals surface area contributed by atoms with Gasteiger partial charge in [0.15, 0.2) is 11.5 Å². The van der Waals surface area contributed by atoms with E-state index in [4.69, 9.17) is 4.74 Å². The summed E-state index contributed by atoms with van der Waals surface area (Å²) < 4.78 is 21.5. The van der Waals surface area contributed by atoms with Crippen LogP contribution in [0.3, 0.4) is 0 Å². The van der Waals surface area contributed by atoms with Crippen molar-refractivity contribution in [3.8, 4) is 5.88 Å². The number of nitrogens with zero attached hydrogens (tertiary/aromatic N) is 6. The van der Waals surface area contributed by atoms with Gasteiger partial charge in [-0.05, 0) is 40.3 Å². The number of anilines is 2. The van der Waals surface area contributed by atoms with Crippen molar-refractivity contribution in [2.24, 2.45) is 5.92 Å². The SMILES string of the molecule is CCOc1nc(N2CC[C@@H](CN(C)C)C2)ncc1C(=O)Nc1cc(F)c2nc(C)cn2c1. The number of pyridine rings is 1. The number of nitrogens with one attached hydrogen (secondary N) is 1. The number of hydrogen-bond acceptors (Lipinski definition) is 7. The van der Waals surface area contributed by atoms with Gasteiger partial charge in [0, 0.05) is 44.3 Å². The van der Waals surface area contributed by atoms with Crippen LogP contribution in [-0.2, 0) is 0 Å². The molecular weight excluding hydrogens is 413 g/mol. The lowest BCUT2D eigenvalue weighted by Gasteiger charge is -2.19. The molecule has 10 heteroatoms. The van der Waals surface area contributed by atoms with Gasteiger partial charge in [-0.2, -0.15) is 4.98 Å². The summed E-state index contributed by atoms with van der Waals surface area (Å²) in [6.45, 7) is 6.69. The number of amides is 1. The summed E-state index contributed by atoms with van der Waals surface area (Å²) in [7, 11) is 4.13. The van der Waals surface area contributed by atoms with Gasteiger partial charge < -0.3 is 24.3 Å². The molecular formula is C22H28FN7O2. The van der Waals surface area contributed by atoms with Gasteiger partial charge in [0.1, 0.15) is 5.56 Å². The molecule has 0 saturated carbocycles. The molecule has 0 unspecified atom stereocenters. The predicted molar refractivity (Wildman–Crippen MR) is 120 cm³/mol. The first-order valence-corrected chi connectivity index (χ1v) is 10.7. The van der Waals surface area contributed by atoms with E-state index in [0.717, 1.165) is 26.1 Å². The number of carbonyl (C=O) groups is 1. The first-order chi connectivity index (χ1) is 15.3. The molecule has 32 heavy (non-hydrogen) atoms. The number of ether oxygens (including phenoxy) is 1. The summed E-state index contributed by atoms with van der Waals surface area (Å²) in [5.74, 6) is 0.318. The number of imidazole rings is 1. The van der Waals surface area contributed by atoms with E-state index >= 15 is 0 Å². The summed E-state index contributed by atoms with van der Waals surface area (Å²) in [5.41, 5.74) is 1.39. The van der Waals surface area contributed by atoms with E-state index in [2.05, 4.69) is 44.2 Å². The minimum absolute atomic E-state index is 0.196. The Balaban J connectivity index is 1.54. The van der Waals surface area contributed by atoms with Gasteiger partial charge in [-0.1, -0.05) is 0 Å². The van der Waals surface area contributed by atoms with Crippen LogP contribution >= 0.6 is 0 Å². The first-order valence-electron chi connectivity index (χ1n) is 10.7. The summed E-state index contributed by atoms with van der Waals surface area (Å²) >= 11 is 0. The normalized spacial score (nSPS) is 16.2. The van der Waals surface area contributed by atoms with Crippen LogP contribution < -0.4 is 15.0 Å². The Morgan fingerprint density at radius 2 is 2.16 bits per heavy atom. The average molecular weight is 442 g/mol. The highest BCUT2D eigenvalue weighted by molar-refractivity contribution is 6.05. The lowest BCUT2D eigenvalue weighted by Crippen LogP contribution is -2.27. The van der Waals surface area contributed by atoms with Crippen molar-refractivity contribution in [1.82, 2.24) is 24.3 Å². The molecule has 0 radical (unpaired) electrons. The summed E-state index contributed by atoms with van der Waals surface area (Å²) in [6.07, 6.45) is 5.84. The second-order valence-electron chi connectivity index (χ2n) is 8.33. The molecule has 0 spiro atoms. The fraction of sp³-hybridized carbons (Fsp3) is 0.455. The van der Waals surface area contributed by atoms with Crippen LogP contribution in [0.25, 0.3) is 5.65 Å². The maximum Gasteiger partial charge on any atom is 0.262 e. The summed E-state index contributed by atoms with van der Waals surface area (Å²) in [4.78, 5) is 30.3. The average Bonchev–Trinajstić information content (AvgIpc) is 3.34. The number of aromatic nitrogens is 4. The molecule has 3 aromatic heterocycles. The van der Waals surface area contributed by atoms with Crippen LogP contribution in [0.4, 0.5) is 16.0 Å². The second kappa shape index (κ2) is 9.07. The topological polar surface area (TPSA) is 87.9 Å². The number of rotatable bonds is 7. The molecule has 4 rings (SSSR count). The Bertz CT molecular complexity index is 1130. The Kier molecular flexibility index (Phi) is 6.22. The smallest absolute Gasteiger partial charge is 0.262 e. The predicted octanol–water partition coefficient (Wildman–Crippen LogP) is 2.61. The van der Waals surface area contributed by atoms with Gasteiger partial charge in [-0.3, -0.25) is 4.79 Å². The molecule has 3 aromatic rings. The van der Waals surface area contributed by atoms with Crippen molar-refractivity contribution >= 4 is 23.2 Å². The second-order valence-corrected chi connectivity index (χ2v) is 8.33. The lowest BCUT2D eigenvalue weighted by molar-refractivity contribution is 0.102. The molecule has 0 aliphatic carbocycles. The zero-order chi connectivity index (χ0) is 22.8. The number of hydrogen-bond donors (Lipinski definition) is 1. The minimum Gasteiger partial charge on any atom is -0.477 e. The standard InChI is InChI=1S/C22H28FN7O2/c1-5-32-21-17(9-24-22(27-21)29-7-6-15(12-29)11-28(3)4)20(31)26-16-8-18(23)19-25-14(2)10-30(19)13-16/h8-10,13,15H,5-7,11-12H2,1-4H3,(H,26,31)/t15-/m0/s1. The zero-order valence-corrected chi connectivity index (χ0v) is 18.8. The van der Waals surface area contributed by atoms with E-state index in [1.165, 1.54) is 12.3 Å². The zero-order valence-electron chi connectivity index (χ0n) is 18.8. The van der Waals surface area contributed by atoms with Crippen LogP contribution in [0.1, 0.15) is 29.4 Å². The highest BCUT2D eigenvalue weighted by atomic mass is 19.1. The number of fused-ring (bicyclic) bond motifs is 1.